The van der Waals surface area contributed by atoms with Gasteiger partial charge in [0.15, 0.2) is 6.10 Å². The van der Waals surface area contributed by atoms with Gasteiger partial charge >= 0.3 is 11.9 Å². The summed E-state index contributed by atoms with van der Waals surface area (Å²) in [4.78, 5) is 24.6. The molecule has 0 rings (SSSR count). The molecule has 0 aromatic heterocycles. The minimum atomic E-state index is -0.773. The summed E-state index contributed by atoms with van der Waals surface area (Å²) < 4.78 is 10.8. The van der Waals surface area contributed by atoms with Gasteiger partial charge in [0.05, 0.1) is 6.61 Å². The van der Waals surface area contributed by atoms with E-state index in [2.05, 4.69) is 74.6 Å². The first-order valence-electron chi connectivity index (χ1n) is 33.8. The van der Waals surface area contributed by atoms with Crippen LogP contribution < -0.4 is 0 Å². The summed E-state index contributed by atoms with van der Waals surface area (Å²) in [6.45, 7) is 4.16. The summed E-state index contributed by atoms with van der Waals surface area (Å²) in [6.07, 6.45) is 91.0. The molecule has 0 aliphatic carbocycles. The summed E-state index contributed by atoms with van der Waals surface area (Å²) in [7, 11) is 0. The lowest BCUT2D eigenvalue weighted by molar-refractivity contribution is -0.161. The van der Waals surface area contributed by atoms with Crippen molar-refractivity contribution >= 4 is 11.9 Å². The maximum atomic E-state index is 12.4. The first kappa shape index (κ1) is 73.6. The lowest BCUT2D eigenvalue weighted by Crippen LogP contribution is -2.28. The first-order chi connectivity index (χ1) is 37.6. The monoisotopic (exact) mass is 1060 g/mol. The van der Waals surface area contributed by atoms with E-state index >= 15 is 0 Å². The van der Waals surface area contributed by atoms with E-state index in [0.717, 1.165) is 57.8 Å². The van der Waals surface area contributed by atoms with E-state index in [1.165, 1.54) is 276 Å². The third-order valence-corrected chi connectivity index (χ3v) is 15.3. The van der Waals surface area contributed by atoms with Crippen molar-refractivity contribution < 1.29 is 24.2 Å². The second kappa shape index (κ2) is 66.9. The van der Waals surface area contributed by atoms with Gasteiger partial charge < -0.3 is 14.6 Å². The second-order valence-corrected chi connectivity index (χ2v) is 22.9. The van der Waals surface area contributed by atoms with Crippen molar-refractivity contribution in [2.75, 3.05) is 13.2 Å². The highest BCUT2D eigenvalue weighted by atomic mass is 16.6. The maximum Gasteiger partial charge on any atom is 0.306 e. The van der Waals surface area contributed by atoms with Crippen LogP contribution in [-0.4, -0.2) is 36.4 Å². The fraction of sp³-hybridized carbons (Fsp3) is 0.831. The van der Waals surface area contributed by atoms with E-state index in [1.807, 2.05) is 0 Å². The molecule has 0 radical (unpaired) electrons. The minimum Gasteiger partial charge on any atom is -0.462 e. The second-order valence-electron chi connectivity index (χ2n) is 22.9. The molecule has 0 aromatic carbocycles. The number of hydrogen-bond acceptors (Lipinski definition) is 5. The standard InChI is InChI=1S/C71H130O5/c1-3-5-7-9-11-13-15-17-19-21-23-25-27-29-31-33-34-35-36-38-39-41-43-45-47-49-51-53-55-57-59-61-63-65-70(73)75-68-69(67-72)76-71(74)66-64-62-60-58-56-54-52-50-48-46-44-42-40-37-32-30-28-26-24-22-20-18-16-14-12-10-8-6-4-2/h15-18,21-24,28,30,69,72H,3-14,19-20,25-27,29,31-68H2,1-2H3/b17-15-,18-16-,23-21-,24-22-,30-28-. The molecule has 1 unspecified atom stereocenters. The van der Waals surface area contributed by atoms with Crippen LogP contribution in [0.2, 0.25) is 0 Å². The fourth-order valence-corrected chi connectivity index (χ4v) is 10.2. The van der Waals surface area contributed by atoms with Crippen LogP contribution in [0.1, 0.15) is 361 Å². The van der Waals surface area contributed by atoms with Gasteiger partial charge in [-0.2, -0.15) is 0 Å². The Morgan fingerprint density at radius 3 is 0.789 bits per heavy atom. The predicted molar refractivity (Wildman–Crippen MR) is 334 cm³/mol. The zero-order valence-corrected chi connectivity index (χ0v) is 51.0. The van der Waals surface area contributed by atoms with Gasteiger partial charge in [-0.05, 0) is 83.5 Å². The van der Waals surface area contributed by atoms with Gasteiger partial charge in [-0.3, -0.25) is 9.59 Å². The number of allylic oxidation sites excluding steroid dienone is 10. The molecule has 0 aliphatic rings. The zero-order chi connectivity index (χ0) is 54.8. The van der Waals surface area contributed by atoms with Crippen molar-refractivity contribution in [3.63, 3.8) is 0 Å². The topological polar surface area (TPSA) is 72.8 Å². The summed E-state index contributed by atoms with van der Waals surface area (Å²) in [6, 6.07) is 0. The molecule has 0 bridgehead atoms. The quantitative estimate of drug-likeness (QED) is 0.0373. The minimum absolute atomic E-state index is 0.0628. The molecule has 5 nitrogen and oxygen atoms in total. The van der Waals surface area contributed by atoms with Crippen LogP contribution in [0, 0.1) is 0 Å². The summed E-state index contributed by atoms with van der Waals surface area (Å²) in [5.74, 6) is -0.574. The largest absolute Gasteiger partial charge is 0.462 e. The molecule has 0 spiro atoms. The Morgan fingerprint density at radius 2 is 0.526 bits per heavy atom. The number of rotatable bonds is 63. The average molecular weight is 1060 g/mol. The number of ether oxygens (including phenoxy) is 2. The smallest absolute Gasteiger partial charge is 0.306 e. The molecule has 5 heteroatoms. The number of aliphatic hydroxyl groups is 1. The molecule has 0 heterocycles. The van der Waals surface area contributed by atoms with Crippen molar-refractivity contribution in [2.24, 2.45) is 0 Å². The van der Waals surface area contributed by atoms with Crippen LogP contribution in [0.5, 0.6) is 0 Å². The molecular formula is C71H130O5. The predicted octanol–water partition coefficient (Wildman–Crippen LogP) is 23.3. The van der Waals surface area contributed by atoms with Crippen LogP contribution in [-0.2, 0) is 19.1 Å². The Labute approximate surface area is 474 Å². The number of aliphatic hydroxyl groups excluding tert-OH is 1. The normalized spacial score (nSPS) is 12.5. The van der Waals surface area contributed by atoms with E-state index in [0.29, 0.717) is 12.8 Å². The van der Waals surface area contributed by atoms with Gasteiger partial charge in [0, 0.05) is 12.8 Å². The van der Waals surface area contributed by atoms with Crippen LogP contribution >= 0.6 is 0 Å². The number of esters is 2. The molecular weight excluding hydrogens is 933 g/mol. The number of hydrogen-bond donors (Lipinski definition) is 1. The Balaban J connectivity index is 3.42. The van der Waals surface area contributed by atoms with E-state index in [-0.39, 0.29) is 25.2 Å². The van der Waals surface area contributed by atoms with Gasteiger partial charge in [0.25, 0.3) is 0 Å². The molecule has 76 heavy (non-hydrogen) atoms. The fourth-order valence-electron chi connectivity index (χ4n) is 10.2. The van der Waals surface area contributed by atoms with Crippen molar-refractivity contribution in [3.8, 4) is 0 Å². The van der Waals surface area contributed by atoms with Crippen LogP contribution in [0.4, 0.5) is 0 Å². The van der Waals surface area contributed by atoms with Crippen molar-refractivity contribution in [1.29, 1.82) is 0 Å². The Kier molecular flexibility index (Phi) is 64.8. The Bertz CT molecular complexity index is 1300. The summed E-state index contributed by atoms with van der Waals surface area (Å²) in [5, 5.41) is 9.69. The highest BCUT2D eigenvalue weighted by Crippen LogP contribution is 2.18. The molecule has 0 aliphatic heterocycles. The zero-order valence-electron chi connectivity index (χ0n) is 51.0. The third kappa shape index (κ3) is 64.1. The van der Waals surface area contributed by atoms with Gasteiger partial charge in [-0.15, -0.1) is 0 Å². The van der Waals surface area contributed by atoms with Gasteiger partial charge in [0.1, 0.15) is 6.61 Å². The van der Waals surface area contributed by atoms with Crippen LogP contribution in [0.15, 0.2) is 60.8 Å². The van der Waals surface area contributed by atoms with E-state index in [9.17, 15) is 14.7 Å². The third-order valence-electron chi connectivity index (χ3n) is 15.3. The first-order valence-corrected chi connectivity index (χ1v) is 33.8. The van der Waals surface area contributed by atoms with Crippen molar-refractivity contribution in [1.82, 2.24) is 0 Å². The van der Waals surface area contributed by atoms with Gasteiger partial charge in [0.2, 0.25) is 0 Å². The maximum absolute atomic E-state index is 12.4. The molecule has 0 saturated carbocycles. The molecule has 0 amide bonds. The molecule has 1 N–H and O–H groups in total. The lowest BCUT2D eigenvalue weighted by Gasteiger charge is -2.15. The van der Waals surface area contributed by atoms with E-state index in [4.69, 9.17) is 9.47 Å². The summed E-state index contributed by atoms with van der Waals surface area (Å²) >= 11 is 0. The molecule has 444 valence electrons. The molecule has 1 atom stereocenters. The Morgan fingerprint density at radius 1 is 0.303 bits per heavy atom. The van der Waals surface area contributed by atoms with E-state index in [1.54, 1.807) is 0 Å². The molecule has 0 saturated heterocycles. The highest BCUT2D eigenvalue weighted by molar-refractivity contribution is 5.70. The van der Waals surface area contributed by atoms with Gasteiger partial charge in [-0.25, -0.2) is 0 Å². The van der Waals surface area contributed by atoms with E-state index < -0.39 is 6.10 Å². The SMILES string of the molecule is CCCCCCC/C=C\C/C=C\C/C=C\CCCCCCCCCCCCCCCCC(=O)OC(CO)COC(=O)CCCCCCCCCCCCCCCCCCCCCCC/C=C\C/C=C\CCCCCCC. The van der Waals surface area contributed by atoms with Gasteiger partial charge in [-0.1, -0.05) is 325 Å². The highest BCUT2D eigenvalue weighted by Gasteiger charge is 2.16. The lowest BCUT2D eigenvalue weighted by atomic mass is 10.0. The van der Waals surface area contributed by atoms with Crippen LogP contribution in [0.3, 0.4) is 0 Å². The average Bonchev–Trinajstić information content (AvgIpc) is 3.42. The van der Waals surface area contributed by atoms with Crippen molar-refractivity contribution in [2.45, 2.75) is 367 Å². The summed E-state index contributed by atoms with van der Waals surface area (Å²) in [5.41, 5.74) is 0. The molecule has 0 aromatic rings. The van der Waals surface area contributed by atoms with Crippen molar-refractivity contribution in [3.05, 3.63) is 60.8 Å². The number of carbonyl (C=O) groups is 2. The Hall–Kier alpha value is -2.40. The number of carbonyl (C=O) groups excluding carboxylic acids is 2. The number of unbranched alkanes of at least 4 members (excludes halogenated alkanes) is 45. The molecule has 0 fully saturated rings. The van der Waals surface area contributed by atoms with Crippen LogP contribution in [0.25, 0.3) is 0 Å².